The molecule has 2 bridgehead atoms. The third-order valence-corrected chi connectivity index (χ3v) is 9.06. The van der Waals surface area contributed by atoms with E-state index in [1.807, 2.05) is 48.5 Å². The molecule has 44 heavy (non-hydrogen) atoms. The van der Waals surface area contributed by atoms with Gasteiger partial charge in [0.25, 0.3) is 11.6 Å². The van der Waals surface area contributed by atoms with Crippen LogP contribution in [0.5, 0.6) is 5.75 Å². The first kappa shape index (κ1) is 27.5. The minimum Gasteiger partial charge on any atom is -0.497 e. The molecule has 218 valence electrons. The van der Waals surface area contributed by atoms with Gasteiger partial charge in [0, 0.05) is 28.8 Å². The fourth-order valence-electron chi connectivity index (χ4n) is 7.14. The maximum absolute atomic E-state index is 14.5. The molecule has 4 aliphatic rings. The molecule has 2 atom stereocenters. The molecule has 8 rings (SSSR count). The van der Waals surface area contributed by atoms with Gasteiger partial charge < -0.3 is 4.74 Å². The standard InChI is InChI=1S/C33H23ClN4O6/c1-44-20-8-6-7-18(15-20)30(39)36-35-17-33-23-11-4-2-9-21(23)27(22-10-3-5-12-24(22)33)28-29(33)32(41)37(31(28)40)25-14-13-19(34)16-26(25)38(42)43/h2-17,27-29H,1H3,(H,36,39)/b35-17-/t27?,28-,29-,33?/m0/s1. The van der Waals surface area contributed by atoms with E-state index in [0.29, 0.717) is 11.3 Å². The summed E-state index contributed by atoms with van der Waals surface area (Å²) >= 11 is 6.05. The number of benzene rings is 4. The zero-order valence-corrected chi connectivity index (χ0v) is 23.9. The number of ether oxygens (including phenoxy) is 1. The van der Waals surface area contributed by atoms with Gasteiger partial charge in [0.1, 0.15) is 11.4 Å². The van der Waals surface area contributed by atoms with Gasteiger partial charge >= 0.3 is 0 Å². The number of anilines is 1. The number of rotatable bonds is 6. The molecular formula is C33H23ClN4O6. The summed E-state index contributed by atoms with van der Waals surface area (Å²) in [5, 5.41) is 16.5. The van der Waals surface area contributed by atoms with Gasteiger partial charge in [0.05, 0.1) is 29.3 Å². The predicted octanol–water partition coefficient (Wildman–Crippen LogP) is 5.22. The summed E-state index contributed by atoms with van der Waals surface area (Å²) in [7, 11) is 1.50. The maximum atomic E-state index is 14.5. The van der Waals surface area contributed by atoms with Crippen LogP contribution in [-0.2, 0) is 15.0 Å². The van der Waals surface area contributed by atoms with E-state index >= 15 is 0 Å². The number of imide groups is 1. The van der Waals surface area contributed by atoms with E-state index in [9.17, 15) is 24.5 Å². The summed E-state index contributed by atoms with van der Waals surface area (Å²) in [6.07, 6.45) is 1.53. The van der Waals surface area contributed by atoms with Crippen LogP contribution < -0.4 is 15.1 Å². The first-order valence-electron chi connectivity index (χ1n) is 13.8. The lowest BCUT2D eigenvalue weighted by atomic mass is 9.47. The summed E-state index contributed by atoms with van der Waals surface area (Å²) in [5.74, 6) is -3.46. The largest absolute Gasteiger partial charge is 0.497 e. The van der Waals surface area contributed by atoms with E-state index < -0.39 is 51.5 Å². The lowest BCUT2D eigenvalue weighted by Gasteiger charge is -2.52. The second-order valence-corrected chi connectivity index (χ2v) is 11.3. The molecule has 1 heterocycles. The van der Waals surface area contributed by atoms with Crippen LogP contribution in [0.1, 0.15) is 38.5 Å². The van der Waals surface area contributed by atoms with Gasteiger partial charge in [-0.15, -0.1) is 0 Å². The quantitative estimate of drug-likeness (QED) is 0.138. The molecule has 4 aromatic rings. The Bertz CT molecular complexity index is 1890. The first-order chi connectivity index (χ1) is 21.3. The molecule has 1 saturated heterocycles. The lowest BCUT2D eigenvalue weighted by molar-refractivity contribution is -0.384. The summed E-state index contributed by atoms with van der Waals surface area (Å²) in [6.45, 7) is 0. The zero-order valence-electron chi connectivity index (χ0n) is 23.1. The Balaban J connectivity index is 1.40. The van der Waals surface area contributed by atoms with Gasteiger partial charge in [0.15, 0.2) is 0 Å². The summed E-state index contributed by atoms with van der Waals surface area (Å²) in [6, 6.07) is 25.6. The van der Waals surface area contributed by atoms with Gasteiger partial charge in [-0.1, -0.05) is 66.2 Å². The molecule has 10 nitrogen and oxygen atoms in total. The summed E-state index contributed by atoms with van der Waals surface area (Å²) in [5.41, 5.74) is 4.29. The Morgan fingerprint density at radius 1 is 0.977 bits per heavy atom. The molecule has 1 fully saturated rings. The van der Waals surface area contributed by atoms with Gasteiger partial charge in [-0.3, -0.25) is 24.5 Å². The van der Waals surface area contributed by atoms with Gasteiger partial charge in [-0.25, -0.2) is 10.3 Å². The minimum absolute atomic E-state index is 0.104. The molecular weight excluding hydrogens is 584 g/mol. The molecule has 0 unspecified atom stereocenters. The van der Waals surface area contributed by atoms with Crippen molar-refractivity contribution in [3.05, 3.63) is 134 Å². The van der Waals surface area contributed by atoms with Crippen LogP contribution in [0, 0.1) is 22.0 Å². The van der Waals surface area contributed by atoms with Crippen LogP contribution in [0.4, 0.5) is 11.4 Å². The molecule has 11 heteroatoms. The van der Waals surface area contributed by atoms with Crippen LogP contribution >= 0.6 is 11.6 Å². The number of nitrogens with zero attached hydrogens (tertiary/aromatic N) is 3. The molecule has 0 aromatic heterocycles. The van der Waals surface area contributed by atoms with E-state index in [2.05, 4.69) is 10.5 Å². The number of nitrogens with one attached hydrogen (secondary N) is 1. The highest BCUT2D eigenvalue weighted by molar-refractivity contribution is 6.31. The van der Waals surface area contributed by atoms with Gasteiger partial charge in [-0.05, 0) is 52.6 Å². The van der Waals surface area contributed by atoms with Crippen molar-refractivity contribution in [2.24, 2.45) is 16.9 Å². The molecule has 3 aliphatic carbocycles. The van der Waals surface area contributed by atoms with Gasteiger partial charge in [0.2, 0.25) is 11.8 Å². The summed E-state index contributed by atoms with van der Waals surface area (Å²) < 4.78 is 5.22. The van der Waals surface area contributed by atoms with Crippen molar-refractivity contribution in [2.75, 3.05) is 12.0 Å². The number of hydrogen-bond acceptors (Lipinski definition) is 7. The molecule has 0 spiro atoms. The van der Waals surface area contributed by atoms with Crippen molar-refractivity contribution in [1.29, 1.82) is 0 Å². The number of methoxy groups -OCH3 is 1. The number of nitro groups is 1. The van der Waals surface area contributed by atoms with E-state index in [0.717, 1.165) is 33.2 Å². The average Bonchev–Trinajstić information content (AvgIpc) is 3.31. The Kier molecular flexibility index (Phi) is 6.33. The minimum atomic E-state index is -1.27. The van der Waals surface area contributed by atoms with E-state index in [-0.39, 0.29) is 10.7 Å². The normalized spacial score (nSPS) is 22.9. The van der Waals surface area contributed by atoms with E-state index in [1.165, 1.54) is 25.5 Å². The fourth-order valence-corrected chi connectivity index (χ4v) is 7.31. The Morgan fingerprint density at radius 2 is 1.66 bits per heavy atom. The topological polar surface area (TPSA) is 131 Å². The second-order valence-electron chi connectivity index (χ2n) is 10.9. The van der Waals surface area contributed by atoms with Crippen LogP contribution in [0.3, 0.4) is 0 Å². The number of halogens is 1. The predicted molar refractivity (Wildman–Crippen MR) is 162 cm³/mol. The Morgan fingerprint density at radius 3 is 2.32 bits per heavy atom. The number of hydrogen-bond donors (Lipinski definition) is 1. The number of amides is 3. The molecule has 0 saturated carbocycles. The maximum Gasteiger partial charge on any atom is 0.294 e. The molecule has 3 amide bonds. The highest BCUT2D eigenvalue weighted by Gasteiger charge is 2.68. The van der Waals surface area contributed by atoms with Crippen molar-refractivity contribution in [1.82, 2.24) is 5.43 Å². The van der Waals surface area contributed by atoms with E-state index in [1.54, 1.807) is 24.3 Å². The van der Waals surface area contributed by atoms with Crippen LogP contribution in [0.25, 0.3) is 0 Å². The van der Waals surface area contributed by atoms with Crippen LogP contribution in [0.2, 0.25) is 5.02 Å². The average molecular weight is 607 g/mol. The Labute approximate surface area is 256 Å². The second kappa shape index (κ2) is 10.1. The number of nitro benzene ring substituents is 1. The fraction of sp³-hybridized carbons (Fsp3) is 0.152. The highest BCUT2D eigenvalue weighted by atomic mass is 35.5. The number of carbonyl (C=O) groups excluding carboxylic acids is 3. The van der Waals surface area contributed by atoms with Crippen molar-refractivity contribution >= 4 is 46.9 Å². The monoisotopic (exact) mass is 606 g/mol. The van der Waals surface area contributed by atoms with Gasteiger partial charge in [-0.2, -0.15) is 5.10 Å². The van der Waals surface area contributed by atoms with Crippen molar-refractivity contribution in [2.45, 2.75) is 11.3 Å². The third-order valence-electron chi connectivity index (χ3n) is 8.83. The van der Waals surface area contributed by atoms with Crippen LogP contribution in [-0.4, -0.2) is 36.0 Å². The molecule has 4 aromatic carbocycles. The zero-order chi connectivity index (χ0) is 30.7. The third kappa shape index (κ3) is 3.80. The van der Waals surface area contributed by atoms with Crippen LogP contribution in [0.15, 0.2) is 96.1 Å². The SMILES string of the molecule is COc1cccc(C(=O)N/N=C\C23c4ccccc4C(c4ccccc42)[C@@H]2C(=O)N(c4ccc(Cl)cc4[N+](=O)[O-])C(=O)[C@H]23)c1. The Hall–Kier alpha value is -5.35. The first-order valence-corrected chi connectivity index (χ1v) is 14.1. The number of hydrazone groups is 1. The van der Waals surface area contributed by atoms with Crippen molar-refractivity contribution in [3.8, 4) is 5.75 Å². The summed E-state index contributed by atoms with van der Waals surface area (Å²) in [4.78, 5) is 54.2. The molecule has 1 N–H and O–H groups in total. The lowest BCUT2D eigenvalue weighted by Crippen LogP contribution is -2.54. The van der Waals surface area contributed by atoms with Crippen molar-refractivity contribution < 1.29 is 24.0 Å². The van der Waals surface area contributed by atoms with Crippen molar-refractivity contribution in [3.63, 3.8) is 0 Å². The molecule has 0 radical (unpaired) electrons. The number of carbonyl (C=O) groups is 3. The smallest absolute Gasteiger partial charge is 0.294 e. The van der Waals surface area contributed by atoms with E-state index in [4.69, 9.17) is 16.3 Å². The molecule has 1 aliphatic heterocycles. The highest BCUT2D eigenvalue weighted by Crippen LogP contribution is 2.64.